The van der Waals surface area contributed by atoms with Crippen LogP contribution in [0.5, 0.6) is 0 Å². The Bertz CT molecular complexity index is 1100. The third kappa shape index (κ3) is 3.24. The monoisotopic (exact) mass is 399 g/mol. The van der Waals surface area contributed by atoms with E-state index in [1.54, 1.807) is 25.1 Å². The number of hydrogen-bond acceptors (Lipinski definition) is 4. The van der Waals surface area contributed by atoms with Gasteiger partial charge in [-0.2, -0.15) is 0 Å². The van der Waals surface area contributed by atoms with Crippen LogP contribution in [0.4, 0.5) is 4.39 Å². The zero-order valence-electron chi connectivity index (χ0n) is 15.9. The average Bonchev–Trinajstić information content (AvgIpc) is 3.03. The molecular weight excluding hydrogens is 377 g/mol. The Hall–Kier alpha value is -2.54. The van der Waals surface area contributed by atoms with Crippen LogP contribution in [0.25, 0.3) is 10.2 Å². The number of aryl methyl sites for hydroxylation is 1. The number of halogens is 1. The van der Waals surface area contributed by atoms with E-state index < -0.39 is 0 Å². The fraction of sp³-hybridized carbons (Fsp3) is 0.381. The van der Waals surface area contributed by atoms with E-state index in [9.17, 15) is 14.0 Å². The maximum absolute atomic E-state index is 14.0. The van der Waals surface area contributed by atoms with Gasteiger partial charge in [0.1, 0.15) is 10.6 Å². The van der Waals surface area contributed by atoms with Crippen LogP contribution < -0.4 is 5.56 Å². The molecule has 0 bridgehead atoms. The lowest BCUT2D eigenvalue weighted by atomic mass is 10.0. The van der Waals surface area contributed by atoms with E-state index in [0.29, 0.717) is 26.2 Å². The van der Waals surface area contributed by atoms with Crippen LogP contribution in [0.2, 0.25) is 0 Å². The first-order valence-corrected chi connectivity index (χ1v) is 10.3. The maximum Gasteiger partial charge on any atom is 0.264 e. The number of thiophene rings is 1. The minimum Gasteiger partial charge on any atom is -0.335 e. The SMILES string of the molecule is Cc1c(C(=O)N2CCCCC2C)sc2ncn(Cc3ccccc3F)c(=O)c12. The summed E-state index contributed by atoms with van der Waals surface area (Å²) in [5, 5.41) is 0.455. The van der Waals surface area contributed by atoms with Crippen LogP contribution in [0.3, 0.4) is 0 Å². The molecule has 4 rings (SSSR count). The van der Waals surface area contributed by atoms with E-state index in [2.05, 4.69) is 11.9 Å². The quantitative estimate of drug-likeness (QED) is 0.670. The van der Waals surface area contributed by atoms with Gasteiger partial charge in [0.25, 0.3) is 11.5 Å². The highest BCUT2D eigenvalue weighted by atomic mass is 32.1. The molecule has 0 spiro atoms. The lowest BCUT2D eigenvalue weighted by Crippen LogP contribution is -2.41. The average molecular weight is 399 g/mol. The van der Waals surface area contributed by atoms with Gasteiger partial charge in [-0.1, -0.05) is 18.2 Å². The molecule has 1 aliphatic heterocycles. The van der Waals surface area contributed by atoms with Gasteiger partial charge >= 0.3 is 0 Å². The number of likely N-dealkylation sites (tertiary alicyclic amines) is 1. The van der Waals surface area contributed by atoms with E-state index in [1.807, 2.05) is 4.90 Å². The number of benzene rings is 1. The molecule has 1 aromatic carbocycles. The lowest BCUT2D eigenvalue weighted by Gasteiger charge is -2.33. The summed E-state index contributed by atoms with van der Waals surface area (Å²) in [6, 6.07) is 6.59. The van der Waals surface area contributed by atoms with Gasteiger partial charge in [0.15, 0.2) is 0 Å². The molecule has 28 heavy (non-hydrogen) atoms. The number of hydrogen-bond donors (Lipinski definition) is 0. The molecule has 5 nitrogen and oxygen atoms in total. The summed E-state index contributed by atoms with van der Waals surface area (Å²) < 4.78 is 15.4. The molecule has 1 unspecified atom stereocenters. The second-order valence-electron chi connectivity index (χ2n) is 7.35. The predicted molar refractivity (Wildman–Crippen MR) is 108 cm³/mol. The number of nitrogens with zero attached hydrogens (tertiary/aromatic N) is 3. The molecule has 146 valence electrons. The van der Waals surface area contributed by atoms with Crippen molar-refractivity contribution in [2.75, 3.05) is 6.54 Å². The van der Waals surface area contributed by atoms with Crippen LogP contribution in [0, 0.1) is 12.7 Å². The van der Waals surface area contributed by atoms with Gasteiger partial charge < -0.3 is 4.90 Å². The van der Waals surface area contributed by atoms with Crippen LogP contribution >= 0.6 is 11.3 Å². The molecule has 0 radical (unpaired) electrons. The van der Waals surface area contributed by atoms with Crippen molar-refractivity contribution in [3.8, 4) is 0 Å². The Labute approximate surface area is 166 Å². The van der Waals surface area contributed by atoms with E-state index >= 15 is 0 Å². The van der Waals surface area contributed by atoms with Crippen molar-refractivity contribution in [3.63, 3.8) is 0 Å². The first-order chi connectivity index (χ1) is 13.5. The van der Waals surface area contributed by atoms with E-state index in [1.165, 1.54) is 28.3 Å². The molecule has 3 aromatic rings. The van der Waals surface area contributed by atoms with Gasteiger partial charge in [-0.3, -0.25) is 14.2 Å². The predicted octanol–water partition coefficient (Wildman–Crippen LogP) is 3.97. The Kier molecular flexibility index (Phi) is 5.02. The van der Waals surface area contributed by atoms with Gasteiger partial charge in [0.2, 0.25) is 0 Å². The number of amides is 1. The molecule has 1 aliphatic rings. The fourth-order valence-electron chi connectivity index (χ4n) is 3.82. The molecule has 1 fully saturated rings. The smallest absolute Gasteiger partial charge is 0.264 e. The van der Waals surface area contributed by atoms with Crippen LogP contribution in [0.1, 0.15) is 47.0 Å². The van der Waals surface area contributed by atoms with Gasteiger partial charge in [-0.15, -0.1) is 11.3 Å². The highest BCUT2D eigenvalue weighted by Gasteiger charge is 2.28. The topological polar surface area (TPSA) is 55.2 Å². The first kappa shape index (κ1) is 18.8. The number of piperidine rings is 1. The molecule has 2 aromatic heterocycles. The third-order valence-corrected chi connectivity index (χ3v) is 6.66. The molecular formula is C21H22FN3O2S. The van der Waals surface area contributed by atoms with Gasteiger partial charge in [0, 0.05) is 18.2 Å². The highest BCUT2D eigenvalue weighted by molar-refractivity contribution is 7.20. The van der Waals surface area contributed by atoms with E-state index in [0.717, 1.165) is 25.8 Å². The summed E-state index contributed by atoms with van der Waals surface area (Å²) in [5.41, 5.74) is 0.855. The standard InChI is InChI=1S/C21H22FN3O2S/c1-13-7-5-6-10-25(13)21(27)18-14(2)17-19(28-18)23-12-24(20(17)26)11-15-8-3-4-9-16(15)22/h3-4,8-9,12-13H,5-7,10-11H2,1-2H3. The van der Waals surface area contributed by atoms with Gasteiger partial charge in [-0.05, 0) is 44.7 Å². The van der Waals surface area contributed by atoms with Crippen molar-refractivity contribution in [3.05, 3.63) is 62.8 Å². The Balaban J connectivity index is 1.73. The van der Waals surface area contributed by atoms with Crippen molar-refractivity contribution >= 4 is 27.5 Å². The molecule has 0 N–H and O–H groups in total. The summed E-state index contributed by atoms with van der Waals surface area (Å²) in [6.07, 6.45) is 4.58. The lowest BCUT2D eigenvalue weighted by molar-refractivity contribution is 0.0640. The summed E-state index contributed by atoms with van der Waals surface area (Å²) in [4.78, 5) is 33.5. The second-order valence-corrected chi connectivity index (χ2v) is 8.35. The van der Waals surface area contributed by atoms with Crippen molar-refractivity contribution in [1.29, 1.82) is 0 Å². The van der Waals surface area contributed by atoms with Gasteiger partial charge in [0.05, 0.1) is 23.1 Å². The molecule has 3 heterocycles. The second kappa shape index (κ2) is 7.47. The number of aromatic nitrogens is 2. The maximum atomic E-state index is 14.0. The number of fused-ring (bicyclic) bond motifs is 1. The number of carbonyl (C=O) groups is 1. The minimum atomic E-state index is -0.355. The highest BCUT2D eigenvalue weighted by Crippen LogP contribution is 2.30. The molecule has 1 saturated heterocycles. The molecule has 1 atom stereocenters. The minimum absolute atomic E-state index is 0.0206. The van der Waals surface area contributed by atoms with Crippen molar-refractivity contribution < 1.29 is 9.18 Å². The van der Waals surface area contributed by atoms with E-state index in [4.69, 9.17) is 0 Å². The summed E-state index contributed by atoms with van der Waals surface area (Å²) in [6.45, 7) is 4.73. The van der Waals surface area contributed by atoms with Crippen LogP contribution in [-0.4, -0.2) is 32.9 Å². The summed E-state index contributed by atoms with van der Waals surface area (Å²) >= 11 is 1.27. The Morgan fingerprint density at radius 2 is 2.11 bits per heavy atom. The number of rotatable bonds is 3. The van der Waals surface area contributed by atoms with Crippen LogP contribution in [-0.2, 0) is 6.54 Å². The zero-order chi connectivity index (χ0) is 19.8. The van der Waals surface area contributed by atoms with Crippen molar-refractivity contribution in [1.82, 2.24) is 14.5 Å². The molecule has 7 heteroatoms. The summed E-state index contributed by atoms with van der Waals surface area (Å²) in [7, 11) is 0. The Morgan fingerprint density at radius 1 is 1.32 bits per heavy atom. The zero-order valence-corrected chi connectivity index (χ0v) is 16.8. The largest absolute Gasteiger partial charge is 0.335 e. The van der Waals surface area contributed by atoms with Crippen molar-refractivity contribution in [2.24, 2.45) is 0 Å². The first-order valence-electron chi connectivity index (χ1n) is 9.50. The van der Waals surface area contributed by atoms with E-state index in [-0.39, 0.29) is 29.9 Å². The fourth-order valence-corrected chi connectivity index (χ4v) is 4.91. The normalized spacial score (nSPS) is 17.2. The van der Waals surface area contributed by atoms with Crippen molar-refractivity contribution in [2.45, 2.75) is 45.7 Å². The Morgan fingerprint density at radius 3 is 2.86 bits per heavy atom. The molecule has 0 saturated carbocycles. The summed E-state index contributed by atoms with van der Waals surface area (Å²) in [5.74, 6) is -0.376. The molecule has 1 amide bonds. The molecule has 0 aliphatic carbocycles. The van der Waals surface area contributed by atoms with Gasteiger partial charge in [-0.25, -0.2) is 9.37 Å². The van der Waals surface area contributed by atoms with Crippen LogP contribution in [0.15, 0.2) is 35.4 Å². The third-order valence-electron chi connectivity index (χ3n) is 5.47. The number of carbonyl (C=O) groups excluding carboxylic acids is 1.